The average Bonchev–Trinajstić information content (AvgIpc) is 3.09. The summed E-state index contributed by atoms with van der Waals surface area (Å²) in [6, 6.07) is 5.47. The molecule has 1 aromatic carbocycles. The number of carbonyl (C=O) groups excluding carboxylic acids is 2. The number of hydrogen-bond donors (Lipinski definition) is 1. The second-order valence-electron chi connectivity index (χ2n) is 5.28. The number of ether oxygens (including phenoxy) is 3. The van der Waals surface area contributed by atoms with E-state index in [1.807, 2.05) is 18.2 Å². The van der Waals surface area contributed by atoms with Crippen LogP contribution in [0.3, 0.4) is 0 Å². The van der Waals surface area contributed by atoms with E-state index in [-0.39, 0.29) is 17.9 Å². The van der Waals surface area contributed by atoms with Crippen LogP contribution in [0.25, 0.3) is 0 Å². The van der Waals surface area contributed by atoms with Gasteiger partial charge in [-0.15, -0.1) is 11.8 Å². The molecule has 130 valence electrons. The van der Waals surface area contributed by atoms with Crippen LogP contribution in [0.2, 0.25) is 0 Å². The molecule has 3 rings (SSSR count). The molecule has 0 aliphatic carbocycles. The van der Waals surface area contributed by atoms with Gasteiger partial charge in [0.05, 0.1) is 6.61 Å². The Balaban J connectivity index is 1.66. The zero-order valence-electron chi connectivity index (χ0n) is 13.4. The van der Waals surface area contributed by atoms with E-state index in [9.17, 15) is 9.59 Å². The van der Waals surface area contributed by atoms with E-state index in [1.165, 1.54) is 0 Å². The van der Waals surface area contributed by atoms with E-state index in [4.69, 9.17) is 14.2 Å². The first kappa shape index (κ1) is 16.8. The van der Waals surface area contributed by atoms with Crippen LogP contribution in [0.4, 0.5) is 4.79 Å². The van der Waals surface area contributed by atoms with Crippen LogP contribution < -0.4 is 14.8 Å². The van der Waals surface area contributed by atoms with Crippen LogP contribution in [0.5, 0.6) is 11.5 Å². The number of fused-ring (bicyclic) bond motifs is 1. The van der Waals surface area contributed by atoms with Crippen molar-refractivity contribution in [3.05, 3.63) is 23.8 Å². The van der Waals surface area contributed by atoms with Crippen molar-refractivity contribution in [1.82, 2.24) is 10.2 Å². The predicted octanol–water partition coefficient (Wildman–Crippen LogP) is 1.78. The molecule has 1 N–H and O–H groups in total. The van der Waals surface area contributed by atoms with Crippen LogP contribution in [0.1, 0.15) is 17.9 Å². The maximum Gasteiger partial charge on any atom is 0.325 e. The van der Waals surface area contributed by atoms with Gasteiger partial charge in [-0.1, -0.05) is 6.07 Å². The fourth-order valence-electron chi connectivity index (χ4n) is 2.63. The third-order valence-electron chi connectivity index (χ3n) is 3.69. The fraction of sp³-hybridized carbons (Fsp3) is 0.500. The van der Waals surface area contributed by atoms with Gasteiger partial charge in [-0.05, 0) is 24.6 Å². The summed E-state index contributed by atoms with van der Waals surface area (Å²) in [5.41, 5.74) is 0.980. The quantitative estimate of drug-likeness (QED) is 0.833. The molecular weight excluding hydrogens is 332 g/mol. The van der Waals surface area contributed by atoms with E-state index in [0.29, 0.717) is 32.1 Å². The topological polar surface area (TPSA) is 77.1 Å². The molecule has 2 amide bonds. The highest BCUT2D eigenvalue weighted by atomic mass is 32.2. The maximum absolute atomic E-state index is 12.4. The molecule has 1 saturated heterocycles. The molecule has 2 aliphatic rings. The number of hydrogen-bond acceptors (Lipinski definition) is 6. The lowest BCUT2D eigenvalue weighted by Gasteiger charge is -2.26. The summed E-state index contributed by atoms with van der Waals surface area (Å²) in [6.07, 6.45) is 0. The third kappa shape index (κ3) is 3.69. The molecule has 7 nitrogen and oxygen atoms in total. The van der Waals surface area contributed by atoms with Crippen LogP contribution in [0, 0.1) is 0 Å². The fourth-order valence-corrected chi connectivity index (χ4v) is 3.87. The van der Waals surface area contributed by atoms with E-state index in [1.54, 1.807) is 23.6 Å². The number of rotatable bonds is 4. The highest BCUT2D eigenvalue weighted by Crippen LogP contribution is 2.41. The largest absolute Gasteiger partial charge is 0.486 e. The molecule has 8 heteroatoms. The summed E-state index contributed by atoms with van der Waals surface area (Å²) in [6.45, 7) is 3.61. The van der Waals surface area contributed by atoms with Gasteiger partial charge in [0, 0.05) is 12.3 Å². The van der Waals surface area contributed by atoms with Gasteiger partial charge in [-0.3, -0.25) is 4.79 Å². The number of benzene rings is 1. The maximum atomic E-state index is 12.4. The van der Waals surface area contributed by atoms with Gasteiger partial charge >= 0.3 is 12.0 Å². The lowest BCUT2D eigenvalue weighted by atomic mass is 10.1. The smallest absolute Gasteiger partial charge is 0.325 e. The van der Waals surface area contributed by atoms with Gasteiger partial charge in [0.15, 0.2) is 11.5 Å². The summed E-state index contributed by atoms with van der Waals surface area (Å²) in [5.74, 6) is 1.84. The number of nitrogens with zero attached hydrogens (tertiary/aromatic N) is 1. The van der Waals surface area contributed by atoms with Crippen molar-refractivity contribution in [2.75, 3.05) is 38.7 Å². The Labute approximate surface area is 144 Å². The second kappa shape index (κ2) is 7.65. The highest BCUT2D eigenvalue weighted by Gasteiger charge is 2.31. The Morgan fingerprint density at radius 3 is 2.92 bits per heavy atom. The molecule has 0 radical (unpaired) electrons. The summed E-state index contributed by atoms with van der Waals surface area (Å²) in [7, 11) is 0. The van der Waals surface area contributed by atoms with Crippen molar-refractivity contribution in [2.45, 2.75) is 12.3 Å². The molecule has 0 aromatic heterocycles. The number of carbonyl (C=O) groups is 2. The molecule has 0 saturated carbocycles. The van der Waals surface area contributed by atoms with Crippen molar-refractivity contribution < 1.29 is 23.8 Å². The molecule has 24 heavy (non-hydrogen) atoms. The molecule has 2 heterocycles. The second-order valence-corrected chi connectivity index (χ2v) is 6.47. The number of amides is 2. The molecule has 1 unspecified atom stereocenters. The van der Waals surface area contributed by atoms with Gasteiger partial charge in [-0.2, -0.15) is 0 Å². The first-order valence-electron chi connectivity index (χ1n) is 7.90. The van der Waals surface area contributed by atoms with Gasteiger partial charge in [-0.25, -0.2) is 4.79 Å². The standard InChI is InChI=1S/C16H20N2O5S/c1-2-21-14(19)10-17-16(20)18-5-8-24-15(18)11-3-4-12-13(9-11)23-7-6-22-12/h3-4,9,15H,2,5-8,10H2,1H3,(H,17,20). The summed E-state index contributed by atoms with van der Waals surface area (Å²) in [4.78, 5) is 25.5. The van der Waals surface area contributed by atoms with Crippen molar-refractivity contribution in [1.29, 1.82) is 0 Å². The lowest BCUT2D eigenvalue weighted by Crippen LogP contribution is -2.41. The number of urea groups is 1. The van der Waals surface area contributed by atoms with E-state index in [0.717, 1.165) is 17.1 Å². The number of nitrogens with one attached hydrogen (secondary N) is 1. The SMILES string of the molecule is CCOC(=O)CNC(=O)N1CCSC1c1ccc2c(c1)OCCO2. The Hall–Kier alpha value is -2.09. The summed E-state index contributed by atoms with van der Waals surface area (Å²) in [5, 5.41) is 2.51. The monoisotopic (exact) mass is 352 g/mol. The lowest BCUT2D eigenvalue weighted by molar-refractivity contribution is -0.141. The van der Waals surface area contributed by atoms with Crippen molar-refractivity contribution in [2.24, 2.45) is 0 Å². The number of esters is 1. The van der Waals surface area contributed by atoms with Crippen molar-refractivity contribution in [3.63, 3.8) is 0 Å². The third-order valence-corrected chi connectivity index (χ3v) is 4.95. The molecule has 2 aliphatic heterocycles. The minimum absolute atomic E-state index is 0.108. The summed E-state index contributed by atoms with van der Waals surface area (Å²) < 4.78 is 16.0. The molecule has 0 spiro atoms. The van der Waals surface area contributed by atoms with Gasteiger partial charge in [0.1, 0.15) is 25.1 Å². The molecular formula is C16H20N2O5S. The zero-order chi connectivity index (χ0) is 16.9. The minimum Gasteiger partial charge on any atom is -0.486 e. The molecule has 0 bridgehead atoms. The first-order chi connectivity index (χ1) is 11.7. The van der Waals surface area contributed by atoms with Gasteiger partial charge < -0.3 is 24.4 Å². The average molecular weight is 352 g/mol. The zero-order valence-corrected chi connectivity index (χ0v) is 14.3. The van der Waals surface area contributed by atoms with E-state index < -0.39 is 5.97 Å². The van der Waals surface area contributed by atoms with Gasteiger partial charge in [0.2, 0.25) is 0 Å². The van der Waals surface area contributed by atoms with Crippen molar-refractivity contribution in [3.8, 4) is 11.5 Å². The van der Waals surface area contributed by atoms with Crippen LogP contribution in [-0.2, 0) is 9.53 Å². The molecule has 1 aromatic rings. The normalized spacial score (nSPS) is 19.0. The molecule has 1 fully saturated rings. The Morgan fingerprint density at radius 1 is 1.33 bits per heavy atom. The van der Waals surface area contributed by atoms with Crippen LogP contribution in [0.15, 0.2) is 18.2 Å². The Bertz CT molecular complexity index is 624. The number of thioether (sulfide) groups is 1. The van der Waals surface area contributed by atoms with Gasteiger partial charge in [0.25, 0.3) is 0 Å². The van der Waals surface area contributed by atoms with Crippen LogP contribution in [-0.4, -0.2) is 55.6 Å². The first-order valence-corrected chi connectivity index (χ1v) is 8.95. The minimum atomic E-state index is -0.437. The summed E-state index contributed by atoms with van der Waals surface area (Å²) >= 11 is 1.68. The molecule has 1 atom stereocenters. The van der Waals surface area contributed by atoms with Crippen LogP contribution >= 0.6 is 11.8 Å². The Kier molecular flexibility index (Phi) is 5.34. The van der Waals surface area contributed by atoms with E-state index >= 15 is 0 Å². The predicted molar refractivity (Wildman–Crippen MR) is 89.4 cm³/mol. The van der Waals surface area contributed by atoms with E-state index in [2.05, 4.69) is 5.32 Å². The van der Waals surface area contributed by atoms with Crippen molar-refractivity contribution >= 4 is 23.8 Å². The highest BCUT2D eigenvalue weighted by molar-refractivity contribution is 7.99. The Morgan fingerprint density at radius 2 is 2.12 bits per heavy atom.